The molecule has 7 heteroatoms. The Morgan fingerprint density at radius 3 is 2.64 bits per heavy atom. The van der Waals surface area contributed by atoms with Crippen LogP contribution in [0.2, 0.25) is 0 Å². The molecule has 1 unspecified atom stereocenters. The van der Waals surface area contributed by atoms with Gasteiger partial charge in [0.25, 0.3) is 5.91 Å². The van der Waals surface area contributed by atoms with Gasteiger partial charge >= 0.3 is 5.97 Å². The van der Waals surface area contributed by atoms with Crippen molar-refractivity contribution in [2.75, 3.05) is 0 Å². The zero-order valence-corrected chi connectivity index (χ0v) is 14.2. The maximum atomic E-state index is 12.4. The molecule has 0 aliphatic heterocycles. The number of aromatic nitrogens is 2. The number of aryl methyl sites for hydroxylation is 1. The summed E-state index contributed by atoms with van der Waals surface area (Å²) in [5.41, 5.74) is -0.309. The number of nitrogens with one attached hydrogen (secondary N) is 1. The Bertz CT molecular complexity index is 732. The lowest BCUT2D eigenvalue weighted by atomic mass is 9.99. The van der Waals surface area contributed by atoms with Gasteiger partial charge in [-0.15, -0.1) is 11.3 Å². The van der Waals surface area contributed by atoms with Crippen molar-refractivity contribution < 1.29 is 14.7 Å². The van der Waals surface area contributed by atoms with Gasteiger partial charge in [-0.3, -0.25) is 9.48 Å². The monoisotopic (exact) mass is 323 g/mol. The van der Waals surface area contributed by atoms with Gasteiger partial charge in [0, 0.05) is 12.4 Å². The van der Waals surface area contributed by atoms with Crippen molar-refractivity contribution >= 4 is 33.4 Å². The smallest absolute Gasteiger partial charge is 0.329 e. The molecule has 0 saturated carbocycles. The molecule has 6 nitrogen and oxygen atoms in total. The molecule has 1 amide bonds. The van der Waals surface area contributed by atoms with Crippen LogP contribution >= 0.6 is 11.3 Å². The molecule has 0 aromatic carbocycles. The highest BCUT2D eigenvalue weighted by Crippen LogP contribution is 2.31. The van der Waals surface area contributed by atoms with E-state index in [1.54, 1.807) is 17.7 Å². The summed E-state index contributed by atoms with van der Waals surface area (Å²) in [5.74, 6) is -1.13. The summed E-state index contributed by atoms with van der Waals surface area (Å²) in [4.78, 5) is 25.1. The minimum absolute atomic E-state index is 0.258. The SMILES string of the molecule is CCC(C)(NC(=O)c1cc2c(C(C)C)nn(C)c2s1)C(=O)O. The lowest BCUT2D eigenvalue weighted by Crippen LogP contribution is -2.51. The average Bonchev–Trinajstić information content (AvgIpc) is 2.99. The van der Waals surface area contributed by atoms with Crippen molar-refractivity contribution in [3.63, 3.8) is 0 Å². The predicted molar refractivity (Wildman–Crippen MR) is 86.5 cm³/mol. The summed E-state index contributed by atoms with van der Waals surface area (Å²) in [6, 6.07) is 1.80. The lowest BCUT2D eigenvalue weighted by Gasteiger charge is -2.24. The van der Waals surface area contributed by atoms with E-state index in [1.165, 1.54) is 18.3 Å². The summed E-state index contributed by atoms with van der Waals surface area (Å²) >= 11 is 1.33. The van der Waals surface area contributed by atoms with Gasteiger partial charge in [0.2, 0.25) is 0 Å². The molecule has 0 aliphatic carbocycles. The van der Waals surface area contributed by atoms with Crippen LogP contribution in [0.15, 0.2) is 6.07 Å². The maximum Gasteiger partial charge on any atom is 0.329 e. The molecule has 2 aromatic heterocycles. The van der Waals surface area contributed by atoms with E-state index in [0.29, 0.717) is 11.3 Å². The number of rotatable bonds is 5. The number of hydrogen-bond donors (Lipinski definition) is 2. The molecule has 22 heavy (non-hydrogen) atoms. The highest BCUT2D eigenvalue weighted by atomic mass is 32.1. The van der Waals surface area contributed by atoms with Crippen molar-refractivity contribution in [3.05, 3.63) is 16.6 Å². The highest BCUT2D eigenvalue weighted by molar-refractivity contribution is 7.20. The van der Waals surface area contributed by atoms with Gasteiger partial charge in [-0.25, -0.2) is 4.79 Å². The van der Waals surface area contributed by atoms with E-state index in [0.717, 1.165) is 15.9 Å². The number of carbonyl (C=O) groups is 2. The number of hydrogen-bond acceptors (Lipinski definition) is 4. The molecule has 2 heterocycles. The minimum Gasteiger partial charge on any atom is -0.480 e. The topological polar surface area (TPSA) is 84.2 Å². The first-order valence-corrected chi connectivity index (χ1v) is 8.03. The number of nitrogens with zero attached hydrogens (tertiary/aromatic N) is 2. The van der Waals surface area contributed by atoms with Gasteiger partial charge in [0.1, 0.15) is 10.4 Å². The van der Waals surface area contributed by atoms with Crippen LogP contribution in [0.4, 0.5) is 0 Å². The van der Waals surface area contributed by atoms with E-state index < -0.39 is 11.5 Å². The van der Waals surface area contributed by atoms with Crippen LogP contribution in [0, 0.1) is 0 Å². The molecule has 2 N–H and O–H groups in total. The van der Waals surface area contributed by atoms with E-state index in [9.17, 15) is 14.7 Å². The number of amides is 1. The number of fused-ring (bicyclic) bond motifs is 1. The zero-order chi connectivity index (χ0) is 16.7. The van der Waals surface area contributed by atoms with Crippen LogP contribution < -0.4 is 5.32 Å². The number of aliphatic carboxylic acids is 1. The van der Waals surface area contributed by atoms with Crippen LogP contribution in [-0.4, -0.2) is 32.3 Å². The molecule has 0 saturated heterocycles. The molecular weight excluding hydrogens is 302 g/mol. The predicted octanol–water partition coefficient (Wildman–Crippen LogP) is 2.74. The van der Waals surface area contributed by atoms with E-state index in [-0.39, 0.29) is 11.8 Å². The minimum atomic E-state index is -1.26. The van der Waals surface area contributed by atoms with Crippen molar-refractivity contribution in [3.8, 4) is 0 Å². The van der Waals surface area contributed by atoms with Gasteiger partial charge in [0.05, 0.1) is 10.6 Å². The second kappa shape index (κ2) is 5.72. The number of carboxylic acids is 1. The third kappa shape index (κ3) is 2.72. The highest BCUT2D eigenvalue weighted by Gasteiger charge is 2.33. The van der Waals surface area contributed by atoms with Gasteiger partial charge in [-0.2, -0.15) is 5.10 Å². The van der Waals surface area contributed by atoms with Crippen LogP contribution in [0.5, 0.6) is 0 Å². The first-order valence-electron chi connectivity index (χ1n) is 7.22. The second-order valence-corrected chi connectivity index (χ2v) is 6.97. The molecule has 2 aromatic rings. The lowest BCUT2D eigenvalue weighted by molar-refractivity contribution is -0.143. The van der Waals surface area contributed by atoms with Crippen LogP contribution in [-0.2, 0) is 11.8 Å². The fourth-order valence-corrected chi connectivity index (χ4v) is 3.19. The Morgan fingerprint density at radius 1 is 1.50 bits per heavy atom. The Morgan fingerprint density at radius 2 is 2.14 bits per heavy atom. The first kappa shape index (κ1) is 16.5. The number of thiophene rings is 1. The molecule has 0 fully saturated rings. The molecule has 0 bridgehead atoms. The number of carbonyl (C=O) groups excluding carboxylic acids is 1. The molecule has 2 rings (SSSR count). The normalized spacial score (nSPS) is 14.3. The van der Waals surface area contributed by atoms with E-state index in [2.05, 4.69) is 24.3 Å². The Hall–Kier alpha value is -1.89. The third-order valence-corrected chi connectivity index (χ3v) is 5.08. The number of carboxylic acid groups (broad SMARTS) is 1. The van der Waals surface area contributed by atoms with Gasteiger partial charge < -0.3 is 10.4 Å². The summed E-state index contributed by atoms with van der Waals surface area (Å²) in [6.07, 6.45) is 0.317. The van der Waals surface area contributed by atoms with Crippen LogP contribution in [0.1, 0.15) is 55.4 Å². The Kier molecular flexibility index (Phi) is 4.28. The van der Waals surface area contributed by atoms with Crippen molar-refractivity contribution in [2.24, 2.45) is 7.05 Å². The summed E-state index contributed by atoms with van der Waals surface area (Å²) in [7, 11) is 1.85. The molecule has 0 spiro atoms. The third-order valence-electron chi connectivity index (χ3n) is 3.88. The van der Waals surface area contributed by atoms with E-state index in [4.69, 9.17) is 0 Å². The summed E-state index contributed by atoms with van der Waals surface area (Å²) < 4.78 is 1.77. The molecule has 0 aliphatic rings. The molecule has 1 atom stereocenters. The van der Waals surface area contributed by atoms with Crippen LogP contribution in [0.3, 0.4) is 0 Å². The molecule has 0 radical (unpaired) electrons. The van der Waals surface area contributed by atoms with Gasteiger partial charge in [0.15, 0.2) is 0 Å². The summed E-state index contributed by atoms with van der Waals surface area (Å²) in [6.45, 7) is 7.36. The van der Waals surface area contributed by atoms with Crippen LogP contribution in [0.25, 0.3) is 10.2 Å². The zero-order valence-electron chi connectivity index (χ0n) is 13.4. The van der Waals surface area contributed by atoms with Crippen molar-refractivity contribution in [1.29, 1.82) is 0 Å². The van der Waals surface area contributed by atoms with Gasteiger partial charge in [-0.1, -0.05) is 20.8 Å². The van der Waals surface area contributed by atoms with E-state index in [1.807, 2.05) is 7.05 Å². The summed E-state index contributed by atoms with van der Waals surface area (Å²) in [5, 5.41) is 17.3. The molecular formula is C15H21N3O3S. The molecule has 120 valence electrons. The fourth-order valence-electron chi connectivity index (χ4n) is 2.21. The largest absolute Gasteiger partial charge is 0.480 e. The quantitative estimate of drug-likeness (QED) is 0.886. The van der Waals surface area contributed by atoms with Gasteiger partial charge in [-0.05, 0) is 25.3 Å². The van der Waals surface area contributed by atoms with E-state index >= 15 is 0 Å². The Labute approximate surface area is 133 Å². The average molecular weight is 323 g/mol. The first-order chi connectivity index (χ1) is 10.2. The van der Waals surface area contributed by atoms with Crippen molar-refractivity contribution in [1.82, 2.24) is 15.1 Å². The fraction of sp³-hybridized carbons (Fsp3) is 0.533. The second-order valence-electron chi connectivity index (χ2n) is 5.94. The Balaban J connectivity index is 2.37. The standard InChI is InChI=1S/C15H21N3O3S/c1-6-15(4,14(20)21)16-12(19)10-7-9-11(8(2)3)17-18(5)13(9)22-10/h7-8H,6H2,1-5H3,(H,16,19)(H,20,21). The van der Waals surface area contributed by atoms with Crippen molar-refractivity contribution in [2.45, 2.75) is 45.6 Å². The maximum absolute atomic E-state index is 12.4.